The van der Waals surface area contributed by atoms with Crippen molar-refractivity contribution in [1.29, 1.82) is 0 Å². The Hall–Kier alpha value is -1.03. The number of halogens is 3. The van der Waals surface area contributed by atoms with Gasteiger partial charge in [-0.05, 0) is 61.4 Å². The SMILES string of the molecule is CC(C)(CCC1CCNC1)c1ccc(C(F)(F)F)cc1. The van der Waals surface area contributed by atoms with Gasteiger partial charge in [0.15, 0.2) is 0 Å². The summed E-state index contributed by atoms with van der Waals surface area (Å²) in [6, 6.07) is 5.62. The zero-order valence-electron chi connectivity index (χ0n) is 12.1. The Bertz CT molecular complexity index is 428. The number of alkyl halides is 3. The van der Waals surface area contributed by atoms with E-state index >= 15 is 0 Å². The number of benzene rings is 1. The van der Waals surface area contributed by atoms with E-state index in [9.17, 15) is 13.2 Å². The van der Waals surface area contributed by atoms with Gasteiger partial charge in [0.25, 0.3) is 0 Å². The first-order valence-electron chi connectivity index (χ1n) is 7.17. The Morgan fingerprint density at radius 3 is 2.20 bits per heavy atom. The fourth-order valence-corrected chi connectivity index (χ4v) is 2.78. The zero-order chi connectivity index (χ0) is 14.8. The summed E-state index contributed by atoms with van der Waals surface area (Å²) in [4.78, 5) is 0. The minimum absolute atomic E-state index is 0.0767. The Labute approximate surface area is 118 Å². The molecule has 1 heterocycles. The van der Waals surface area contributed by atoms with Gasteiger partial charge in [-0.1, -0.05) is 26.0 Å². The highest BCUT2D eigenvalue weighted by Crippen LogP contribution is 2.34. The predicted molar refractivity (Wildman–Crippen MR) is 74.7 cm³/mol. The largest absolute Gasteiger partial charge is 0.416 e. The van der Waals surface area contributed by atoms with Crippen LogP contribution in [0.1, 0.15) is 44.2 Å². The van der Waals surface area contributed by atoms with E-state index in [4.69, 9.17) is 0 Å². The lowest BCUT2D eigenvalue weighted by Crippen LogP contribution is -2.20. The fraction of sp³-hybridized carbons (Fsp3) is 0.625. The van der Waals surface area contributed by atoms with Gasteiger partial charge in [0.1, 0.15) is 0 Å². The van der Waals surface area contributed by atoms with Crippen LogP contribution in [0.25, 0.3) is 0 Å². The molecular weight excluding hydrogens is 263 g/mol. The number of hydrogen-bond acceptors (Lipinski definition) is 1. The molecule has 0 saturated carbocycles. The molecule has 1 aliphatic heterocycles. The second-order valence-electron chi connectivity index (χ2n) is 6.36. The normalized spacial score (nSPS) is 20.4. The summed E-state index contributed by atoms with van der Waals surface area (Å²) in [5, 5.41) is 3.35. The van der Waals surface area contributed by atoms with Crippen LogP contribution in [0.3, 0.4) is 0 Å². The van der Waals surface area contributed by atoms with E-state index in [1.54, 1.807) is 12.1 Å². The molecule has 0 aliphatic carbocycles. The average Bonchev–Trinajstić information content (AvgIpc) is 2.89. The molecule has 1 aromatic carbocycles. The summed E-state index contributed by atoms with van der Waals surface area (Å²) in [5.74, 6) is 0.712. The molecule has 1 N–H and O–H groups in total. The predicted octanol–water partition coefficient (Wildman–Crippen LogP) is 4.37. The molecule has 20 heavy (non-hydrogen) atoms. The first kappa shape index (κ1) is 15.4. The zero-order valence-corrected chi connectivity index (χ0v) is 12.1. The molecule has 4 heteroatoms. The summed E-state index contributed by atoms with van der Waals surface area (Å²) in [6.45, 7) is 6.38. The Kier molecular flexibility index (Phi) is 4.43. The van der Waals surface area contributed by atoms with Gasteiger partial charge in [-0.2, -0.15) is 13.2 Å². The van der Waals surface area contributed by atoms with Crippen LogP contribution >= 0.6 is 0 Å². The van der Waals surface area contributed by atoms with E-state index in [1.165, 1.54) is 18.6 Å². The maximum absolute atomic E-state index is 12.6. The Morgan fingerprint density at radius 1 is 1.10 bits per heavy atom. The molecule has 0 amide bonds. The molecule has 1 nitrogen and oxygen atoms in total. The highest BCUT2D eigenvalue weighted by molar-refractivity contribution is 5.29. The highest BCUT2D eigenvalue weighted by Gasteiger charge is 2.31. The van der Waals surface area contributed by atoms with Crippen LogP contribution < -0.4 is 5.32 Å². The highest BCUT2D eigenvalue weighted by atomic mass is 19.4. The third-order valence-electron chi connectivity index (χ3n) is 4.33. The summed E-state index contributed by atoms with van der Waals surface area (Å²) < 4.78 is 37.7. The monoisotopic (exact) mass is 285 g/mol. The Morgan fingerprint density at radius 2 is 1.70 bits per heavy atom. The van der Waals surface area contributed by atoms with Gasteiger partial charge in [-0.25, -0.2) is 0 Å². The van der Waals surface area contributed by atoms with Crippen LogP contribution in [0.5, 0.6) is 0 Å². The lowest BCUT2D eigenvalue weighted by Gasteiger charge is -2.27. The minimum atomic E-state index is -4.25. The quantitative estimate of drug-likeness (QED) is 0.866. The molecule has 0 aromatic heterocycles. The molecular formula is C16H22F3N. The van der Waals surface area contributed by atoms with Crippen molar-refractivity contribution in [2.45, 2.75) is 44.7 Å². The summed E-state index contributed by atoms with van der Waals surface area (Å²) in [5.41, 5.74) is 0.334. The first-order chi connectivity index (χ1) is 9.29. The number of rotatable bonds is 4. The van der Waals surface area contributed by atoms with Gasteiger partial charge in [-0.3, -0.25) is 0 Å². The molecule has 2 rings (SSSR count). The molecule has 1 aliphatic rings. The Balaban J connectivity index is 2.01. The van der Waals surface area contributed by atoms with Crippen molar-refractivity contribution in [1.82, 2.24) is 5.32 Å². The second kappa shape index (κ2) is 5.76. The second-order valence-corrected chi connectivity index (χ2v) is 6.36. The van der Waals surface area contributed by atoms with Crippen molar-refractivity contribution in [2.24, 2.45) is 5.92 Å². The summed E-state index contributed by atoms with van der Waals surface area (Å²) in [7, 11) is 0. The molecule has 1 saturated heterocycles. The maximum Gasteiger partial charge on any atom is 0.416 e. The lowest BCUT2D eigenvalue weighted by atomic mass is 9.78. The first-order valence-corrected chi connectivity index (χ1v) is 7.17. The molecule has 0 radical (unpaired) electrons. The summed E-state index contributed by atoms with van der Waals surface area (Å²) in [6.07, 6.45) is -0.910. The van der Waals surface area contributed by atoms with Gasteiger partial charge in [-0.15, -0.1) is 0 Å². The summed E-state index contributed by atoms with van der Waals surface area (Å²) >= 11 is 0. The molecule has 1 unspecified atom stereocenters. The van der Waals surface area contributed by atoms with Crippen molar-refractivity contribution >= 4 is 0 Å². The van der Waals surface area contributed by atoms with Gasteiger partial charge >= 0.3 is 6.18 Å². The van der Waals surface area contributed by atoms with E-state index in [-0.39, 0.29) is 5.41 Å². The van der Waals surface area contributed by atoms with E-state index in [0.29, 0.717) is 5.92 Å². The number of hydrogen-bond donors (Lipinski definition) is 1. The topological polar surface area (TPSA) is 12.0 Å². The van der Waals surface area contributed by atoms with Gasteiger partial charge in [0.2, 0.25) is 0 Å². The third-order valence-corrected chi connectivity index (χ3v) is 4.33. The van der Waals surface area contributed by atoms with Crippen molar-refractivity contribution in [3.63, 3.8) is 0 Å². The number of nitrogens with one attached hydrogen (secondary N) is 1. The third kappa shape index (κ3) is 3.75. The van der Waals surface area contributed by atoms with Crippen LogP contribution in [0.15, 0.2) is 24.3 Å². The maximum atomic E-state index is 12.6. The van der Waals surface area contributed by atoms with Crippen molar-refractivity contribution < 1.29 is 13.2 Å². The van der Waals surface area contributed by atoms with E-state index < -0.39 is 11.7 Å². The average molecular weight is 285 g/mol. The van der Waals surface area contributed by atoms with Crippen LogP contribution in [0.2, 0.25) is 0 Å². The van der Waals surface area contributed by atoms with Gasteiger partial charge in [0.05, 0.1) is 5.56 Å². The molecule has 1 fully saturated rings. The van der Waals surface area contributed by atoms with E-state index in [0.717, 1.165) is 31.5 Å². The van der Waals surface area contributed by atoms with Gasteiger partial charge < -0.3 is 5.32 Å². The van der Waals surface area contributed by atoms with Crippen molar-refractivity contribution in [2.75, 3.05) is 13.1 Å². The van der Waals surface area contributed by atoms with Crippen molar-refractivity contribution in [3.8, 4) is 0 Å². The van der Waals surface area contributed by atoms with E-state index in [2.05, 4.69) is 19.2 Å². The molecule has 0 bridgehead atoms. The molecule has 1 atom stereocenters. The molecule has 112 valence electrons. The minimum Gasteiger partial charge on any atom is -0.316 e. The van der Waals surface area contributed by atoms with Gasteiger partial charge in [0, 0.05) is 0 Å². The van der Waals surface area contributed by atoms with E-state index in [1.807, 2.05) is 0 Å². The van der Waals surface area contributed by atoms with Crippen molar-refractivity contribution in [3.05, 3.63) is 35.4 Å². The molecule has 0 spiro atoms. The fourth-order valence-electron chi connectivity index (χ4n) is 2.78. The van der Waals surface area contributed by atoms with Crippen LogP contribution in [-0.4, -0.2) is 13.1 Å². The molecule has 1 aromatic rings. The van der Waals surface area contributed by atoms with Crippen LogP contribution in [0.4, 0.5) is 13.2 Å². The smallest absolute Gasteiger partial charge is 0.316 e. The van der Waals surface area contributed by atoms with Crippen LogP contribution in [0, 0.1) is 5.92 Å². The van der Waals surface area contributed by atoms with Crippen LogP contribution in [-0.2, 0) is 11.6 Å². The standard InChI is InChI=1S/C16H22F3N/c1-15(2,9-7-12-8-10-20-11-12)13-3-5-14(6-4-13)16(17,18)19/h3-6,12,20H,7-11H2,1-2H3. The lowest BCUT2D eigenvalue weighted by molar-refractivity contribution is -0.137.